The van der Waals surface area contributed by atoms with Gasteiger partial charge in [0, 0.05) is 36.4 Å². The van der Waals surface area contributed by atoms with E-state index in [-0.39, 0.29) is 0 Å². The van der Waals surface area contributed by atoms with Crippen LogP contribution in [0.25, 0.3) is 10.6 Å². The number of hydrogen-bond acceptors (Lipinski definition) is 5. The summed E-state index contributed by atoms with van der Waals surface area (Å²) in [7, 11) is 0. The smallest absolute Gasteiger partial charge is 0.110 e. The summed E-state index contributed by atoms with van der Waals surface area (Å²) < 4.78 is 0. The van der Waals surface area contributed by atoms with E-state index in [0.717, 1.165) is 44.7 Å². The molecule has 3 rings (SSSR count). The molecule has 0 spiro atoms. The van der Waals surface area contributed by atoms with Gasteiger partial charge in [-0.25, -0.2) is 4.98 Å². The van der Waals surface area contributed by atoms with Gasteiger partial charge in [-0.1, -0.05) is 13.8 Å². The maximum absolute atomic E-state index is 4.94. The van der Waals surface area contributed by atoms with Crippen LogP contribution in [-0.2, 0) is 6.42 Å². The SMILES string of the molecule is CCc1ccc(-c2csc(C(CC)N3CCNCC3)n2)s1. The number of nitrogens with one attached hydrogen (secondary N) is 1. The van der Waals surface area contributed by atoms with Gasteiger partial charge in [0.2, 0.25) is 0 Å². The summed E-state index contributed by atoms with van der Waals surface area (Å²) in [4.78, 5) is 10.3. The largest absolute Gasteiger partial charge is 0.314 e. The van der Waals surface area contributed by atoms with Gasteiger partial charge in [0.15, 0.2) is 0 Å². The van der Waals surface area contributed by atoms with Crippen molar-refractivity contribution in [2.75, 3.05) is 26.2 Å². The van der Waals surface area contributed by atoms with E-state index >= 15 is 0 Å². The third-order valence-corrected chi connectivity index (χ3v) is 6.25. The molecule has 1 saturated heterocycles. The molecule has 1 N–H and O–H groups in total. The van der Waals surface area contributed by atoms with E-state index in [1.165, 1.54) is 14.8 Å². The van der Waals surface area contributed by atoms with Crippen molar-refractivity contribution in [3.63, 3.8) is 0 Å². The van der Waals surface area contributed by atoms with E-state index in [4.69, 9.17) is 4.98 Å². The standard InChI is InChI=1S/C16H23N3S2/c1-3-12-5-6-15(21-12)13-11-20-16(18-13)14(4-2)19-9-7-17-8-10-19/h5-6,11,14,17H,3-4,7-10H2,1-2H3. The van der Waals surface area contributed by atoms with Crippen LogP contribution in [0.2, 0.25) is 0 Å². The molecule has 1 aliphatic heterocycles. The molecule has 0 bridgehead atoms. The van der Waals surface area contributed by atoms with E-state index < -0.39 is 0 Å². The fourth-order valence-electron chi connectivity index (χ4n) is 2.84. The second kappa shape index (κ2) is 7.01. The summed E-state index contributed by atoms with van der Waals surface area (Å²) in [6, 6.07) is 4.93. The Morgan fingerprint density at radius 3 is 2.76 bits per heavy atom. The summed E-state index contributed by atoms with van der Waals surface area (Å²) in [5, 5.41) is 6.93. The molecule has 1 atom stereocenters. The Hall–Kier alpha value is -0.750. The predicted octanol–water partition coefficient (Wildman–Crippen LogP) is 3.79. The minimum atomic E-state index is 0.483. The minimum Gasteiger partial charge on any atom is -0.314 e. The van der Waals surface area contributed by atoms with Crippen molar-refractivity contribution in [2.45, 2.75) is 32.7 Å². The zero-order chi connectivity index (χ0) is 14.7. The molecule has 0 aromatic carbocycles. The Bertz CT molecular complexity index is 570. The second-order valence-corrected chi connectivity index (χ2v) is 7.46. The Morgan fingerprint density at radius 1 is 1.29 bits per heavy atom. The Labute approximate surface area is 135 Å². The number of aromatic nitrogens is 1. The molecule has 0 amide bonds. The summed E-state index contributed by atoms with van der Waals surface area (Å²) >= 11 is 3.70. The van der Waals surface area contributed by atoms with Gasteiger partial charge in [0.05, 0.1) is 16.6 Å². The molecule has 0 saturated carbocycles. The number of hydrogen-bond donors (Lipinski definition) is 1. The predicted molar refractivity (Wildman–Crippen MR) is 92.3 cm³/mol. The highest BCUT2D eigenvalue weighted by Crippen LogP contribution is 2.33. The highest BCUT2D eigenvalue weighted by Gasteiger charge is 2.23. The lowest BCUT2D eigenvalue weighted by atomic mass is 10.2. The van der Waals surface area contributed by atoms with Crippen molar-refractivity contribution < 1.29 is 0 Å². The van der Waals surface area contributed by atoms with Crippen molar-refractivity contribution in [2.24, 2.45) is 0 Å². The quantitative estimate of drug-likeness (QED) is 0.908. The monoisotopic (exact) mass is 321 g/mol. The highest BCUT2D eigenvalue weighted by atomic mass is 32.1. The van der Waals surface area contributed by atoms with Gasteiger partial charge in [-0.05, 0) is 25.0 Å². The molecule has 2 aromatic heterocycles. The number of thiophene rings is 1. The van der Waals surface area contributed by atoms with Crippen molar-refractivity contribution in [1.82, 2.24) is 15.2 Å². The van der Waals surface area contributed by atoms with Crippen LogP contribution in [0.3, 0.4) is 0 Å². The van der Waals surface area contributed by atoms with Gasteiger partial charge in [-0.2, -0.15) is 0 Å². The fraction of sp³-hybridized carbons (Fsp3) is 0.562. The fourth-order valence-corrected chi connectivity index (χ4v) is 4.86. The topological polar surface area (TPSA) is 28.2 Å². The summed E-state index contributed by atoms with van der Waals surface area (Å²) in [6.07, 6.45) is 2.25. The molecule has 21 heavy (non-hydrogen) atoms. The molecule has 0 radical (unpaired) electrons. The van der Waals surface area contributed by atoms with Crippen molar-refractivity contribution in [3.05, 3.63) is 27.4 Å². The normalized spacial score (nSPS) is 18.0. The van der Waals surface area contributed by atoms with Gasteiger partial charge in [-0.15, -0.1) is 22.7 Å². The summed E-state index contributed by atoms with van der Waals surface area (Å²) in [6.45, 7) is 8.94. The van der Waals surface area contributed by atoms with Gasteiger partial charge in [-0.3, -0.25) is 4.90 Å². The lowest BCUT2D eigenvalue weighted by Gasteiger charge is -2.33. The summed E-state index contributed by atoms with van der Waals surface area (Å²) in [5.74, 6) is 0. The first-order valence-electron chi connectivity index (χ1n) is 7.81. The number of piperazine rings is 1. The van der Waals surface area contributed by atoms with Crippen LogP contribution in [0.1, 0.15) is 36.2 Å². The number of thiazole rings is 1. The van der Waals surface area contributed by atoms with E-state index in [1.807, 2.05) is 22.7 Å². The molecular weight excluding hydrogens is 298 g/mol. The van der Waals surface area contributed by atoms with Crippen LogP contribution in [0, 0.1) is 0 Å². The van der Waals surface area contributed by atoms with E-state index in [2.05, 4.69) is 41.6 Å². The van der Waals surface area contributed by atoms with Crippen molar-refractivity contribution in [1.29, 1.82) is 0 Å². The Kier molecular flexibility index (Phi) is 5.06. The zero-order valence-corrected chi connectivity index (χ0v) is 14.4. The average molecular weight is 322 g/mol. The molecule has 114 valence electrons. The molecular formula is C16H23N3S2. The average Bonchev–Trinajstić information content (AvgIpc) is 3.18. The maximum atomic E-state index is 4.94. The van der Waals surface area contributed by atoms with Crippen LogP contribution >= 0.6 is 22.7 Å². The van der Waals surface area contributed by atoms with Crippen molar-refractivity contribution in [3.8, 4) is 10.6 Å². The maximum Gasteiger partial charge on any atom is 0.110 e. The first-order valence-corrected chi connectivity index (χ1v) is 9.50. The molecule has 3 heterocycles. The van der Waals surface area contributed by atoms with E-state index in [0.29, 0.717) is 6.04 Å². The number of aryl methyl sites for hydroxylation is 1. The zero-order valence-electron chi connectivity index (χ0n) is 12.8. The van der Waals surface area contributed by atoms with Crippen LogP contribution < -0.4 is 5.32 Å². The van der Waals surface area contributed by atoms with Crippen LogP contribution in [0.4, 0.5) is 0 Å². The molecule has 1 aliphatic rings. The lowest BCUT2D eigenvalue weighted by Crippen LogP contribution is -2.45. The lowest BCUT2D eigenvalue weighted by molar-refractivity contribution is 0.169. The molecule has 1 unspecified atom stereocenters. The Balaban J connectivity index is 1.78. The molecule has 2 aromatic rings. The highest BCUT2D eigenvalue weighted by molar-refractivity contribution is 7.16. The first-order chi connectivity index (χ1) is 10.3. The van der Waals surface area contributed by atoms with Crippen LogP contribution in [0.5, 0.6) is 0 Å². The third-order valence-electron chi connectivity index (χ3n) is 4.05. The molecule has 5 heteroatoms. The third kappa shape index (κ3) is 3.37. The Morgan fingerprint density at radius 2 is 2.10 bits per heavy atom. The first kappa shape index (κ1) is 15.2. The number of nitrogens with zero attached hydrogens (tertiary/aromatic N) is 2. The van der Waals surface area contributed by atoms with Gasteiger partial charge in [0.25, 0.3) is 0 Å². The summed E-state index contributed by atoms with van der Waals surface area (Å²) in [5.41, 5.74) is 1.16. The second-order valence-electron chi connectivity index (χ2n) is 5.40. The van der Waals surface area contributed by atoms with Crippen LogP contribution in [0.15, 0.2) is 17.5 Å². The van der Waals surface area contributed by atoms with Gasteiger partial charge >= 0.3 is 0 Å². The number of rotatable bonds is 5. The van der Waals surface area contributed by atoms with Gasteiger partial charge < -0.3 is 5.32 Å². The van der Waals surface area contributed by atoms with Gasteiger partial charge in [0.1, 0.15) is 5.01 Å². The minimum absolute atomic E-state index is 0.483. The van der Waals surface area contributed by atoms with E-state index in [9.17, 15) is 0 Å². The van der Waals surface area contributed by atoms with Crippen molar-refractivity contribution >= 4 is 22.7 Å². The molecule has 0 aliphatic carbocycles. The molecule has 1 fully saturated rings. The van der Waals surface area contributed by atoms with Crippen LogP contribution in [-0.4, -0.2) is 36.1 Å². The van der Waals surface area contributed by atoms with E-state index in [1.54, 1.807) is 0 Å². The molecule has 3 nitrogen and oxygen atoms in total.